The Morgan fingerprint density at radius 1 is 1.15 bits per heavy atom. The van der Waals surface area contributed by atoms with Gasteiger partial charge in [-0.1, -0.05) is 42.5 Å². The van der Waals surface area contributed by atoms with Gasteiger partial charge in [-0.05, 0) is 31.0 Å². The summed E-state index contributed by atoms with van der Waals surface area (Å²) in [7, 11) is 0. The minimum Gasteiger partial charge on any atom is -0.492 e. The summed E-state index contributed by atoms with van der Waals surface area (Å²) in [6.07, 6.45) is 1.02. The summed E-state index contributed by atoms with van der Waals surface area (Å²) in [6, 6.07) is 17.5. The maximum absolute atomic E-state index is 12.4. The SMILES string of the molecule is CCOc1ccccc1N1CC(C(=O)NCCc2ccccc2)CC1=O. The number of carbonyl (C=O) groups excluding carboxylic acids is 2. The van der Waals surface area contributed by atoms with Crippen LogP contribution in [0.25, 0.3) is 0 Å². The van der Waals surface area contributed by atoms with Crippen LogP contribution in [0.1, 0.15) is 18.9 Å². The Morgan fingerprint density at radius 3 is 2.65 bits per heavy atom. The van der Waals surface area contributed by atoms with Crippen LogP contribution < -0.4 is 15.0 Å². The maximum Gasteiger partial charge on any atom is 0.227 e. The third-order valence-corrected chi connectivity index (χ3v) is 4.51. The van der Waals surface area contributed by atoms with E-state index in [1.807, 2.05) is 61.5 Å². The minimum absolute atomic E-state index is 0.0413. The van der Waals surface area contributed by atoms with E-state index >= 15 is 0 Å². The highest BCUT2D eigenvalue weighted by atomic mass is 16.5. The third kappa shape index (κ3) is 4.23. The van der Waals surface area contributed by atoms with Crippen LogP contribution in [-0.4, -0.2) is 31.5 Å². The first kappa shape index (κ1) is 18.0. The summed E-state index contributed by atoms with van der Waals surface area (Å²) < 4.78 is 5.61. The van der Waals surface area contributed by atoms with Gasteiger partial charge in [0.15, 0.2) is 0 Å². The quantitative estimate of drug-likeness (QED) is 0.834. The molecular formula is C21H24N2O3. The first-order chi connectivity index (χ1) is 12.7. The van der Waals surface area contributed by atoms with Gasteiger partial charge in [0, 0.05) is 19.5 Å². The number of anilines is 1. The van der Waals surface area contributed by atoms with Crippen molar-refractivity contribution in [1.82, 2.24) is 5.32 Å². The van der Waals surface area contributed by atoms with E-state index in [2.05, 4.69) is 5.32 Å². The van der Waals surface area contributed by atoms with E-state index in [1.165, 1.54) is 5.56 Å². The van der Waals surface area contributed by atoms with Crippen LogP contribution in [0, 0.1) is 5.92 Å². The Morgan fingerprint density at radius 2 is 1.88 bits per heavy atom. The van der Waals surface area contributed by atoms with E-state index in [0.717, 1.165) is 12.1 Å². The molecule has 1 aliphatic heterocycles. The summed E-state index contributed by atoms with van der Waals surface area (Å²) in [6.45, 7) is 3.40. The zero-order chi connectivity index (χ0) is 18.4. The Labute approximate surface area is 154 Å². The van der Waals surface area contributed by atoms with Gasteiger partial charge in [-0.2, -0.15) is 0 Å². The van der Waals surface area contributed by atoms with E-state index in [-0.39, 0.29) is 24.2 Å². The van der Waals surface area contributed by atoms with Crippen LogP contribution in [0.4, 0.5) is 5.69 Å². The predicted octanol–water partition coefficient (Wildman–Crippen LogP) is 2.80. The van der Waals surface area contributed by atoms with E-state index in [4.69, 9.17) is 4.74 Å². The number of rotatable bonds is 7. The van der Waals surface area contributed by atoms with Crippen molar-refractivity contribution in [2.45, 2.75) is 19.8 Å². The molecule has 1 saturated heterocycles. The molecule has 2 amide bonds. The Hall–Kier alpha value is -2.82. The molecule has 0 radical (unpaired) electrons. The molecule has 2 aromatic carbocycles. The van der Waals surface area contributed by atoms with Crippen LogP contribution in [0.5, 0.6) is 5.75 Å². The standard InChI is InChI=1S/C21H24N2O3/c1-2-26-19-11-7-6-10-18(19)23-15-17(14-20(23)24)21(25)22-13-12-16-8-4-3-5-9-16/h3-11,17H,2,12-15H2,1H3,(H,22,25). The van der Waals surface area contributed by atoms with Crippen LogP contribution >= 0.6 is 0 Å². The van der Waals surface area contributed by atoms with Crippen LogP contribution in [0.2, 0.25) is 0 Å². The van der Waals surface area contributed by atoms with Gasteiger partial charge in [0.25, 0.3) is 0 Å². The summed E-state index contributed by atoms with van der Waals surface area (Å²) in [5, 5.41) is 2.96. The zero-order valence-electron chi connectivity index (χ0n) is 15.0. The Bertz CT molecular complexity index is 761. The number of carbonyl (C=O) groups is 2. The van der Waals surface area contributed by atoms with E-state index in [0.29, 0.717) is 25.4 Å². The first-order valence-electron chi connectivity index (χ1n) is 9.03. The van der Waals surface area contributed by atoms with Gasteiger partial charge in [-0.15, -0.1) is 0 Å². The van der Waals surface area contributed by atoms with Crippen molar-refractivity contribution >= 4 is 17.5 Å². The maximum atomic E-state index is 12.4. The lowest BCUT2D eigenvalue weighted by Gasteiger charge is -2.20. The molecule has 5 heteroatoms. The molecule has 1 unspecified atom stereocenters. The van der Waals surface area contributed by atoms with Crippen molar-refractivity contribution in [2.75, 3.05) is 24.6 Å². The monoisotopic (exact) mass is 352 g/mol. The normalized spacial score (nSPS) is 16.6. The molecule has 0 aliphatic carbocycles. The lowest BCUT2D eigenvalue weighted by molar-refractivity contribution is -0.126. The summed E-state index contributed by atoms with van der Waals surface area (Å²) in [5.41, 5.74) is 1.92. The number of hydrogen-bond acceptors (Lipinski definition) is 3. The van der Waals surface area contributed by atoms with Gasteiger partial charge in [0.05, 0.1) is 18.2 Å². The fraction of sp³-hybridized carbons (Fsp3) is 0.333. The van der Waals surface area contributed by atoms with Gasteiger partial charge in [0.2, 0.25) is 11.8 Å². The number of benzene rings is 2. The predicted molar refractivity (Wildman–Crippen MR) is 101 cm³/mol. The lowest BCUT2D eigenvalue weighted by atomic mass is 10.1. The number of nitrogens with zero attached hydrogens (tertiary/aromatic N) is 1. The number of amides is 2. The molecule has 1 aliphatic rings. The molecule has 0 bridgehead atoms. The molecule has 2 aromatic rings. The van der Waals surface area contributed by atoms with Crippen molar-refractivity contribution < 1.29 is 14.3 Å². The van der Waals surface area contributed by atoms with Crippen molar-refractivity contribution in [3.63, 3.8) is 0 Å². The molecule has 1 heterocycles. The molecule has 5 nitrogen and oxygen atoms in total. The number of nitrogens with one attached hydrogen (secondary N) is 1. The molecule has 1 atom stereocenters. The number of ether oxygens (including phenoxy) is 1. The average molecular weight is 352 g/mol. The van der Waals surface area contributed by atoms with Gasteiger partial charge < -0.3 is 15.0 Å². The summed E-state index contributed by atoms with van der Waals surface area (Å²) >= 11 is 0. The van der Waals surface area contributed by atoms with Crippen LogP contribution in [0.15, 0.2) is 54.6 Å². The van der Waals surface area contributed by atoms with E-state index in [1.54, 1.807) is 4.90 Å². The molecule has 1 fully saturated rings. The second kappa shape index (κ2) is 8.52. The second-order valence-electron chi connectivity index (χ2n) is 6.33. The zero-order valence-corrected chi connectivity index (χ0v) is 15.0. The van der Waals surface area contributed by atoms with Gasteiger partial charge >= 0.3 is 0 Å². The molecule has 136 valence electrons. The fourth-order valence-corrected chi connectivity index (χ4v) is 3.19. The van der Waals surface area contributed by atoms with Gasteiger partial charge in [-0.25, -0.2) is 0 Å². The lowest BCUT2D eigenvalue weighted by Crippen LogP contribution is -2.34. The molecule has 0 aromatic heterocycles. The molecule has 0 spiro atoms. The molecular weight excluding hydrogens is 328 g/mol. The molecule has 1 N–H and O–H groups in total. The number of para-hydroxylation sites is 2. The van der Waals surface area contributed by atoms with Crippen molar-refractivity contribution in [2.24, 2.45) is 5.92 Å². The van der Waals surface area contributed by atoms with Gasteiger partial charge in [-0.3, -0.25) is 9.59 Å². The van der Waals surface area contributed by atoms with Crippen molar-refractivity contribution in [3.8, 4) is 5.75 Å². The second-order valence-corrected chi connectivity index (χ2v) is 6.33. The topological polar surface area (TPSA) is 58.6 Å². The summed E-state index contributed by atoms with van der Waals surface area (Å²) in [4.78, 5) is 26.5. The smallest absolute Gasteiger partial charge is 0.227 e. The fourth-order valence-electron chi connectivity index (χ4n) is 3.19. The van der Waals surface area contributed by atoms with Gasteiger partial charge in [0.1, 0.15) is 5.75 Å². The number of hydrogen-bond donors (Lipinski definition) is 1. The third-order valence-electron chi connectivity index (χ3n) is 4.51. The molecule has 26 heavy (non-hydrogen) atoms. The van der Waals surface area contributed by atoms with Crippen LogP contribution in [-0.2, 0) is 16.0 Å². The van der Waals surface area contributed by atoms with Crippen LogP contribution in [0.3, 0.4) is 0 Å². The largest absolute Gasteiger partial charge is 0.492 e. The highest BCUT2D eigenvalue weighted by Crippen LogP contribution is 2.33. The van der Waals surface area contributed by atoms with Crippen molar-refractivity contribution in [1.29, 1.82) is 0 Å². The first-order valence-corrected chi connectivity index (χ1v) is 9.03. The van der Waals surface area contributed by atoms with E-state index in [9.17, 15) is 9.59 Å². The highest BCUT2D eigenvalue weighted by molar-refractivity contribution is 6.01. The molecule has 0 saturated carbocycles. The average Bonchev–Trinajstić information content (AvgIpc) is 3.05. The Balaban J connectivity index is 1.58. The minimum atomic E-state index is -0.326. The van der Waals surface area contributed by atoms with E-state index < -0.39 is 0 Å². The highest BCUT2D eigenvalue weighted by Gasteiger charge is 2.36. The van der Waals surface area contributed by atoms with Crippen molar-refractivity contribution in [3.05, 3.63) is 60.2 Å². The Kier molecular flexibility index (Phi) is 5.89. The molecule has 3 rings (SSSR count). The summed E-state index contributed by atoms with van der Waals surface area (Å²) in [5.74, 6) is 0.243.